The van der Waals surface area contributed by atoms with E-state index in [1.165, 1.54) is 17.0 Å². The number of anilines is 1. The number of rotatable bonds is 7. The number of hydrogen-bond acceptors (Lipinski definition) is 4. The van der Waals surface area contributed by atoms with E-state index in [2.05, 4.69) is 5.32 Å². The third kappa shape index (κ3) is 6.19. The Hall–Kier alpha value is -2.68. The van der Waals surface area contributed by atoms with Crippen molar-refractivity contribution < 1.29 is 26.2 Å². The molecule has 2 aromatic rings. The third-order valence-electron chi connectivity index (χ3n) is 4.08. The number of benzene rings is 2. The molecule has 1 unspecified atom stereocenters. The Morgan fingerprint density at radius 1 is 1.18 bits per heavy atom. The van der Waals surface area contributed by atoms with Crippen LogP contribution in [0.1, 0.15) is 25.8 Å². The van der Waals surface area contributed by atoms with Crippen LogP contribution in [0, 0.1) is 11.6 Å². The van der Waals surface area contributed by atoms with E-state index in [1.807, 2.05) is 13.8 Å². The molecule has 0 aliphatic heterocycles. The highest BCUT2D eigenvalue weighted by atomic mass is 32.2. The molecule has 0 aromatic heterocycles. The Labute approximate surface area is 163 Å². The first-order valence-corrected chi connectivity index (χ1v) is 10.4. The Bertz CT molecular complexity index is 933. The molecule has 0 aliphatic carbocycles. The molecule has 9 heteroatoms. The maximum Gasteiger partial charge on any atom is 0.322 e. The fraction of sp³-hybridized carbons (Fsp3) is 0.316. The topological polar surface area (TPSA) is 75.7 Å². The van der Waals surface area contributed by atoms with Gasteiger partial charge in [-0.05, 0) is 43.2 Å². The second-order valence-corrected chi connectivity index (χ2v) is 7.95. The summed E-state index contributed by atoms with van der Waals surface area (Å²) in [5, 5.41) is 2.46. The maximum atomic E-state index is 13.8. The molecule has 28 heavy (non-hydrogen) atoms. The first-order chi connectivity index (χ1) is 13.1. The molecule has 1 atom stereocenters. The summed E-state index contributed by atoms with van der Waals surface area (Å²) < 4.78 is 54.0. The van der Waals surface area contributed by atoms with Crippen LogP contribution in [0.2, 0.25) is 0 Å². The number of nitrogens with one attached hydrogen (secondary N) is 1. The monoisotopic (exact) mass is 412 g/mol. The predicted molar refractivity (Wildman–Crippen MR) is 103 cm³/mol. The van der Waals surface area contributed by atoms with Gasteiger partial charge in [-0.25, -0.2) is 13.6 Å². The summed E-state index contributed by atoms with van der Waals surface area (Å²) in [6.07, 6.45) is 1.61. The highest BCUT2D eigenvalue weighted by molar-refractivity contribution is 7.86. The van der Waals surface area contributed by atoms with E-state index in [-0.39, 0.29) is 24.0 Å². The number of amides is 2. The molecule has 0 radical (unpaired) electrons. The van der Waals surface area contributed by atoms with Gasteiger partial charge in [0.15, 0.2) is 0 Å². The summed E-state index contributed by atoms with van der Waals surface area (Å²) in [4.78, 5) is 14.2. The van der Waals surface area contributed by atoms with Gasteiger partial charge in [0.2, 0.25) is 0 Å². The summed E-state index contributed by atoms with van der Waals surface area (Å²) in [6.45, 7) is 3.97. The summed E-state index contributed by atoms with van der Waals surface area (Å²) in [7, 11) is -3.62. The van der Waals surface area contributed by atoms with Gasteiger partial charge in [-0.15, -0.1) is 0 Å². The van der Waals surface area contributed by atoms with Crippen molar-refractivity contribution in [3.8, 4) is 5.75 Å². The molecule has 2 aromatic carbocycles. The molecule has 1 N–H and O–H groups in total. The van der Waals surface area contributed by atoms with Crippen LogP contribution in [-0.4, -0.2) is 31.6 Å². The van der Waals surface area contributed by atoms with E-state index >= 15 is 0 Å². The highest BCUT2D eigenvalue weighted by Crippen LogP contribution is 2.20. The van der Waals surface area contributed by atoms with Gasteiger partial charge in [0.1, 0.15) is 17.4 Å². The lowest BCUT2D eigenvalue weighted by Crippen LogP contribution is -2.40. The fourth-order valence-corrected chi connectivity index (χ4v) is 2.91. The van der Waals surface area contributed by atoms with Crippen LogP contribution in [0.25, 0.3) is 0 Å². The molecule has 0 saturated heterocycles. The van der Waals surface area contributed by atoms with Gasteiger partial charge in [0, 0.05) is 18.7 Å². The maximum absolute atomic E-state index is 13.8. The van der Waals surface area contributed by atoms with Gasteiger partial charge >= 0.3 is 16.1 Å². The molecule has 0 saturated carbocycles. The van der Waals surface area contributed by atoms with Gasteiger partial charge in [-0.1, -0.05) is 19.1 Å². The molecule has 0 fully saturated rings. The number of urea groups is 1. The van der Waals surface area contributed by atoms with Crippen LogP contribution >= 0.6 is 0 Å². The summed E-state index contributed by atoms with van der Waals surface area (Å²) in [6, 6.07) is 8.49. The molecule has 2 rings (SSSR count). The Morgan fingerprint density at radius 2 is 1.82 bits per heavy atom. The minimum Gasteiger partial charge on any atom is -0.383 e. The standard InChI is InChI=1S/C19H22F2N2O4S/c1-4-13(2)23(19(24)22-18-10-7-15(20)11-17(18)21)12-14-5-8-16(9-6-14)27-28(3,25)26/h5-11,13H,4,12H2,1-3H3,(H,22,24). The Balaban J connectivity index is 2.15. The molecular formula is C19H22F2N2O4S. The third-order valence-corrected chi connectivity index (χ3v) is 4.58. The fourth-order valence-electron chi connectivity index (χ4n) is 2.45. The van der Waals surface area contributed by atoms with Gasteiger partial charge in [-0.3, -0.25) is 0 Å². The van der Waals surface area contributed by atoms with Crippen molar-refractivity contribution in [1.29, 1.82) is 0 Å². The van der Waals surface area contributed by atoms with Gasteiger partial charge in [-0.2, -0.15) is 8.42 Å². The number of carbonyl (C=O) groups excluding carboxylic acids is 1. The van der Waals surface area contributed by atoms with Crippen molar-refractivity contribution >= 4 is 21.8 Å². The van der Waals surface area contributed by atoms with Gasteiger partial charge in [0.25, 0.3) is 0 Å². The van der Waals surface area contributed by atoms with E-state index in [1.54, 1.807) is 12.1 Å². The lowest BCUT2D eigenvalue weighted by atomic mass is 10.1. The highest BCUT2D eigenvalue weighted by Gasteiger charge is 2.21. The minimum absolute atomic E-state index is 0.114. The quantitative estimate of drug-likeness (QED) is 0.694. The van der Waals surface area contributed by atoms with Crippen molar-refractivity contribution in [3.63, 3.8) is 0 Å². The molecule has 0 aliphatic rings. The lowest BCUT2D eigenvalue weighted by molar-refractivity contribution is 0.187. The van der Waals surface area contributed by atoms with Gasteiger partial charge in [0.05, 0.1) is 11.9 Å². The largest absolute Gasteiger partial charge is 0.383 e. The average molecular weight is 412 g/mol. The molecule has 0 bridgehead atoms. The van der Waals surface area contributed by atoms with Crippen molar-refractivity contribution in [2.45, 2.75) is 32.9 Å². The zero-order chi connectivity index (χ0) is 20.9. The Kier molecular flexibility index (Phi) is 6.95. The SMILES string of the molecule is CCC(C)N(Cc1ccc(OS(C)(=O)=O)cc1)C(=O)Nc1ccc(F)cc1F. The van der Waals surface area contributed by atoms with Crippen molar-refractivity contribution in [2.75, 3.05) is 11.6 Å². The van der Waals surface area contributed by atoms with Crippen molar-refractivity contribution in [3.05, 3.63) is 59.7 Å². The van der Waals surface area contributed by atoms with Crippen LogP contribution in [0.15, 0.2) is 42.5 Å². The first-order valence-electron chi connectivity index (χ1n) is 8.60. The van der Waals surface area contributed by atoms with E-state index in [0.717, 1.165) is 24.0 Å². The first kappa shape index (κ1) is 21.6. The molecular weight excluding hydrogens is 390 g/mol. The second kappa shape index (κ2) is 9.01. The average Bonchev–Trinajstić information content (AvgIpc) is 2.61. The number of hydrogen-bond donors (Lipinski definition) is 1. The normalized spacial score (nSPS) is 12.3. The second-order valence-electron chi connectivity index (χ2n) is 6.37. The number of nitrogens with zero attached hydrogens (tertiary/aromatic N) is 1. The number of halogens is 2. The summed E-state index contributed by atoms with van der Waals surface area (Å²) >= 11 is 0. The van der Waals surface area contributed by atoms with Crippen molar-refractivity contribution in [1.82, 2.24) is 4.90 Å². The predicted octanol–water partition coefficient (Wildman–Crippen LogP) is 4.14. The Morgan fingerprint density at radius 3 is 2.36 bits per heavy atom. The van der Waals surface area contributed by atoms with Crippen LogP contribution in [0.3, 0.4) is 0 Å². The smallest absolute Gasteiger partial charge is 0.322 e. The molecule has 0 heterocycles. The molecule has 2 amide bonds. The minimum atomic E-state index is -3.62. The van der Waals surface area contributed by atoms with Crippen LogP contribution in [0.5, 0.6) is 5.75 Å². The van der Waals surface area contributed by atoms with Crippen LogP contribution < -0.4 is 9.50 Å². The van der Waals surface area contributed by atoms with Crippen LogP contribution in [-0.2, 0) is 16.7 Å². The van der Waals surface area contributed by atoms with E-state index in [4.69, 9.17) is 4.18 Å². The molecule has 6 nitrogen and oxygen atoms in total. The van der Waals surface area contributed by atoms with Gasteiger partial charge < -0.3 is 14.4 Å². The summed E-state index contributed by atoms with van der Waals surface area (Å²) in [5.74, 6) is -1.43. The molecule has 0 spiro atoms. The lowest BCUT2D eigenvalue weighted by Gasteiger charge is -2.29. The summed E-state index contributed by atoms with van der Waals surface area (Å²) in [5.41, 5.74) is 0.618. The van der Waals surface area contributed by atoms with E-state index in [0.29, 0.717) is 12.5 Å². The van der Waals surface area contributed by atoms with E-state index < -0.39 is 27.8 Å². The van der Waals surface area contributed by atoms with Crippen molar-refractivity contribution in [2.24, 2.45) is 0 Å². The number of carbonyl (C=O) groups is 1. The zero-order valence-corrected chi connectivity index (χ0v) is 16.6. The van der Waals surface area contributed by atoms with E-state index in [9.17, 15) is 22.0 Å². The zero-order valence-electron chi connectivity index (χ0n) is 15.8. The van der Waals surface area contributed by atoms with Crippen LogP contribution in [0.4, 0.5) is 19.3 Å². The molecule has 152 valence electrons.